The molecule has 0 aromatic carbocycles. The van der Waals surface area contributed by atoms with Crippen LogP contribution in [0.25, 0.3) is 0 Å². The molecule has 0 aliphatic rings. The third-order valence-electron chi connectivity index (χ3n) is 3.47. The molecule has 0 atom stereocenters. The smallest absolute Gasteiger partial charge is 0.348 e. The molecule has 2 rings (SSSR count). The Labute approximate surface area is 164 Å². The van der Waals surface area contributed by atoms with E-state index in [9.17, 15) is 19.2 Å². The predicted octanol–water partition coefficient (Wildman–Crippen LogP) is 3.60. The Balaban J connectivity index is 2.12. The van der Waals surface area contributed by atoms with Crippen LogP contribution in [0, 0.1) is 13.8 Å². The summed E-state index contributed by atoms with van der Waals surface area (Å²) < 4.78 is 9.99. The highest BCUT2D eigenvalue weighted by Gasteiger charge is 2.25. The van der Waals surface area contributed by atoms with E-state index in [0.29, 0.717) is 15.3 Å². The number of amides is 1. The molecular weight excluding hydrogens is 390 g/mol. The lowest BCUT2D eigenvalue weighted by molar-refractivity contribution is -0.119. The summed E-state index contributed by atoms with van der Waals surface area (Å²) in [5.74, 6) is -2.05. The van der Waals surface area contributed by atoms with Gasteiger partial charge in [-0.15, -0.1) is 22.7 Å². The van der Waals surface area contributed by atoms with E-state index in [4.69, 9.17) is 9.47 Å². The van der Waals surface area contributed by atoms with Gasteiger partial charge in [-0.2, -0.15) is 0 Å². The molecule has 9 heteroatoms. The molecule has 7 nitrogen and oxygen atoms in total. The van der Waals surface area contributed by atoms with Crippen molar-refractivity contribution < 1.29 is 28.7 Å². The first-order valence-electron chi connectivity index (χ1n) is 8.09. The van der Waals surface area contributed by atoms with E-state index in [1.54, 1.807) is 26.0 Å². The Kier molecular flexibility index (Phi) is 6.86. The number of carbonyl (C=O) groups excluding carboxylic acids is 4. The standard InChI is InChI=1S/C18H19NO6S2/c1-5-24-18(23)14-10(3)15(11(4)20)27-16(14)19-13(21)8-25-17(22)12-7-6-9(2)26-12/h6-7H,5,8H2,1-4H3,(H,19,21). The van der Waals surface area contributed by atoms with Crippen LogP contribution in [0.15, 0.2) is 12.1 Å². The van der Waals surface area contributed by atoms with Gasteiger partial charge >= 0.3 is 11.9 Å². The molecule has 0 bridgehead atoms. The first kappa shape index (κ1) is 20.8. The highest BCUT2D eigenvalue weighted by Crippen LogP contribution is 2.34. The molecule has 2 aromatic rings. The average molecular weight is 409 g/mol. The summed E-state index contributed by atoms with van der Waals surface area (Å²) in [7, 11) is 0. The van der Waals surface area contributed by atoms with E-state index < -0.39 is 24.5 Å². The number of carbonyl (C=O) groups is 4. The first-order valence-corrected chi connectivity index (χ1v) is 9.72. The molecule has 0 radical (unpaired) electrons. The van der Waals surface area contributed by atoms with Gasteiger partial charge in [0.2, 0.25) is 0 Å². The fourth-order valence-electron chi connectivity index (χ4n) is 2.30. The number of aryl methyl sites for hydroxylation is 1. The number of ketones is 1. The maximum atomic E-state index is 12.2. The van der Waals surface area contributed by atoms with Gasteiger partial charge in [0.15, 0.2) is 12.4 Å². The van der Waals surface area contributed by atoms with Gasteiger partial charge in [0.25, 0.3) is 5.91 Å². The van der Waals surface area contributed by atoms with Crippen LogP contribution in [0.1, 0.15) is 54.0 Å². The second-order valence-electron chi connectivity index (χ2n) is 5.57. The zero-order chi connectivity index (χ0) is 20.1. The van der Waals surface area contributed by atoms with Crippen LogP contribution in [0.5, 0.6) is 0 Å². The highest BCUT2D eigenvalue weighted by atomic mass is 32.1. The van der Waals surface area contributed by atoms with E-state index in [1.165, 1.54) is 18.3 Å². The van der Waals surface area contributed by atoms with Crippen molar-refractivity contribution in [1.29, 1.82) is 0 Å². The number of hydrogen-bond acceptors (Lipinski definition) is 8. The molecule has 27 heavy (non-hydrogen) atoms. The molecule has 144 valence electrons. The van der Waals surface area contributed by atoms with Gasteiger partial charge in [0.1, 0.15) is 9.88 Å². The normalized spacial score (nSPS) is 10.4. The Morgan fingerprint density at radius 1 is 1.04 bits per heavy atom. The molecule has 0 unspecified atom stereocenters. The van der Waals surface area contributed by atoms with Crippen molar-refractivity contribution in [3.8, 4) is 0 Å². The highest BCUT2D eigenvalue weighted by molar-refractivity contribution is 7.18. The first-order chi connectivity index (χ1) is 12.7. The molecule has 2 heterocycles. The Morgan fingerprint density at radius 3 is 2.30 bits per heavy atom. The van der Waals surface area contributed by atoms with Crippen molar-refractivity contribution in [2.24, 2.45) is 0 Å². The van der Waals surface area contributed by atoms with Crippen LogP contribution in [0.4, 0.5) is 5.00 Å². The number of ether oxygens (including phenoxy) is 2. The minimum Gasteiger partial charge on any atom is -0.462 e. The number of hydrogen-bond donors (Lipinski definition) is 1. The molecule has 0 spiro atoms. The van der Waals surface area contributed by atoms with Gasteiger partial charge in [0.05, 0.1) is 17.0 Å². The second-order valence-corrected chi connectivity index (χ2v) is 7.88. The number of rotatable bonds is 7. The van der Waals surface area contributed by atoms with Gasteiger partial charge in [-0.3, -0.25) is 9.59 Å². The third-order valence-corrected chi connectivity index (χ3v) is 5.76. The Hall–Kier alpha value is -2.52. The number of esters is 2. The van der Waals surface area contributed by atoms with Crippen LogP contribution in [-0.2, 0) is 14.3 Å². The number of thiophene rings is 2. The van der Waals surface area contributed by atoms with E-state index in [0.717, 1.165) is 16.2 Å². The Bertz CT molecular complexity index is 896. The zero-order valence-electron chi connectivity index (χ0n) is 15.3. The van der Waals surface area contributed by atoms with Gasteiger partial charge in [-0.05, 0) is 45.4 Å². The van der Waals surface area contributed by atoms with Crippen molar-refractivity contribution in [3.05, 3.63) is 37.9 Å². The largest absolute Gasteiger partial charge is 0.462 e. The quantitative estimate of drug-likeness (QED) is 0.554. The SMILES string of the molecule is CCOC(=O)c1c(NC(=O)COC(=O)c2ccc(C)s2)sc(C(C)=O)c1C. The lowest BCUT2D eigenvalue weighted by Gasteiger charge is -2.07. The van der Waals surface area contributed by atoms with Crippen molar-refractivity contribution in [3.63, 3.8) is 0 Å². The van der Waals surface area contributed by atoms with E-state index in [1.807, 2.05) is 6.92 Å². The molecule has 0 saturated carbocycles. The third kappa shape index (κ3) is 5.01. The van der Waals surface area contributed by atoms with Crippen molar-refractivity contribution >= 4 is 51.3 Å². The average Bonchev–Trinajstić information content (AvgIpc) is 3.16. The van der Waals surface area contributed by atoms with Crippen molar-refractivity contribution in [2.75, 3.05) is 18.5 Å². The molecule has 1 amide bonds. The van der Waals surface area contributed by atoms with Gasteiger partial charge in [-0.25, -0.2) is 9.59 Å². The summed E-state index contributed by atoms with van der Waals surface area (Å²) in [6.07, 6.45) is 0. The topological polar surface area (TPSA) is 98.8 Å². The minimum atomic E-state index is -0.625. The van der Waals surface area contributed by atoms with Crippen LogP contribution < -0.4 is 5.32 Å². The van der Waals surface area contributed by atoms with E-state index in [2.05, 4.69) is 5.32 Å². The zero-order valence-corrected chi connectivity index (χ0v) is 17.0. The van der Waals surface area contributed by atoms with E-state index in [-0.39, 0.29) is 23.0 Å². The maximum Gasteiger partial charge on any atom is 0.348 e. The Morgan fingerprint density at radius 2 is 1.74 bits per heavy atom. The van der Waals surface area contributed by atoms with Crippen molar-refractivity contribution in [2.45, 2.75) is 27.7 Å². The number of Topliss-reactive ketones (excluding diaryl/α,β-unsaturated/α-hetero) is 1. The van der Waals surface area contributed by atoms with Crippen molar-refractivity contribution in [1.82, 2.24) is 0 Å². The summed E-state index contributed by atoms with van der Waals surface area (Å²) in [6, 6.07) is 3.41. The maximum absolute atomic E-state index is 12.2. The molecule has 0 aliphatic carbocycles. The lowest BCUT2D eigenvalue weighted by atomic mass is 10.1. The molecule has 0 fully saturated rings. The lowest BCUT2D eigenvalue weighted by Crippen LogP contribution is -2.21. The molecule has 0 aliphatic heterocycles. The van der Waals surface area contributed by atoms with Crippen LogP contribution >= 0.6 is 22.7 Å². The summed E-state index contributed by atoms with van der Waals surface area (Å²) in [4.78, 5) is 49.7. The minimum absolute atomic E-state index is 0.139. The van der Waals surface area contributed by atoms with Gasteiger partial charge < -0.3 is 14.8 Å². The monoisotopic (exact) mass is 409 g/mol. The number of anilines is 1. The van der Waals surface area contributed by atoms with Crippen LogP contribution in [-0.4, -0.2) is 36.8 Å². The summed E-state index contributed by atoms with van der Waals surface area (Å²) in [5.41, 5.74) is 0.591. The molecule has 1 N–H and O–H groups in total. The second kappa shape index (κ2) is 8.92. The van der Waals surface area contributed by atoms with Gasteiger partial charge in [0, 0.05) is 4.88 Å². The molecular formula is C18H19NO6S2. The van der Waals surface area contributed by atoms with Gasteiger partial charge in [-0.1, -0.05) is 0 Å². The summed E-state index contributed by atoms with van der Waals surface area (Å²) >= 11 is 2.26. The van der Waals surface area contributed by atoms with Crippen LogP contribution in [0.2, 0.25) is 0 Å². The summed E-state index contributed by atoms with van der Waals surface area (Å²) in [6.45, 7) is 6.17. The van der Waals surface area contributed by atoms with E-state index >= 15 is 0 Å². The number of nitrogens with one attached hydrogen (secondary N) is 1. The molecule has 0 saturated heterocycles. The predicted molar refractivity (Wildman–Crippen MR) is 103 cm³/mol. The fourth-order valence-corrected chi connectivity index (χ4v) is 4.16. The van der Waals surface area contributed by atoms with Crippen LogP contribution in [0.3, 0.4) is 0 Å². The fraction of sp³-hybridized carbons (Fsp3) is 0.333. The molecule has 2 aromatic heterocycles. The summed E-state index contributed by atoms with van der Waals surface area (Å²) in [5, 5.41) is 2.73.